The molecule has 2 N–H and O–H groups in total. The summed E-state index contributed by atoms with van der Waals surface area (Å²) in [7, 11) is 0. The van der Waals surface area contributed by atoms with Crippen molar-refractivity contribution >= 4 is 28.9 Å². The number of aromatic amines is 1. The Labute approximate surface area is 148 Å². The molecule has 0 atom stereocenters. The number of anilines is 1. The second kappa shape index (κ2) is 5.96. The van der Waals surface area contributed by atoms with Gasteiger partial charge in [0.15, 0.2) is 0 Å². The first kappa shape index (κ1) is 15.8. The third-order valence-corrected chi connectivity index (χ3v) is 4.36. The zero-order valence-corrected chi connectivity index (χ0v) is 13.8. The molecule has 26 heavy (non-hydrogen) atoms. The summed E-state index contributed by atoms with van der Waals surface area (Å²) in [6.07, 6.45) is 3.22. The van der Waals surface area contributed by atoms with Crippen molar-refractivity contribution in [3.63, 3.8) is 0 Å². The predicted molar refractivity (Wildman–Crippen MR) is 98.4 cm³/mol. The van der Waals surface area contributed by atoms with E-state index in [2.05, 4.69) is 15.3 Å². The second-order valence-electron chi connectivity index (χ2n) is 5.92. The summed E-state index contributed by atoms with van der Waals surface area (Å²) in [6.45, 7) is 1.82. The molecule has 0 radical (unpaired) electrons. The minimum Gasteiger partial charge on any atom is -0.345 e. The molecule has 0 spiro atoms. The molecule has 7 heteroatoms. The number of carbonyl (C=O) groups is 1. The molecule has 2 aromatic carbocycles. The lowest BCUT2D eigenvalue weighted by Crippen LogP contribution is -2.03. The van der Waals surface area contributed by atoms with E-state index in [4.69, 9.17) is 0 Å². The number of fused-ring (bicyclic) bond motifs is 1. The molecule has 1 amide bonds. The monoisotopic (exact) mass is 346 g/mol. The quantitative estimate of drug-likeness (QED) is 0.428. The summed E-state index contributed by atoms with van der Waals surface area (Å²) in [5, 5.41) is 14.4. The van der Waals surface area contributed by atoms with Crippen LogP contribution in [0.5, 0.6) is 0 Å². The maximum Gasteiger partial charge on any atom is 0.277 e. The summed E-state index contributed by atoms with van der Waals surface area (Å²) >= 11 is 0. The third-order valence-electron chi connectivity index (χ3n) is 4.36. The first-order chi connectivity index (χ1) is 12.6. The maximum atomic E-state index is 12.5. The van der Waals surface area contributed by atoms with Crippen LogP contribution in [0.1, 0.15) is 17.0 Å². The van der Waals surface area contributed by atoms with E-state index in [9.17, 15) is 14.9 Å². The highest BCUT2D eigenvalue weighted by molar-refractivity contribution is 6.36. The van der Waals surface area contributed by atoms with Crippen LogP contribution in [-0.2, 0) is 4.79 Å². The molecule has 2 heterocycles. The SMILES string of the molecule is Cc1nc[nH]c1C=C1C(=O)Nc2ccc([N+](=O)[O-])c(-c3ccccc3)c21. The van der Waals surface area contributed by atoms with Crippen LogP contribution in [0.15, 0.2) is 48.8 Å². The predicted octanol–water partition coefficient (Wildman–Crippen LogP) is 3.79. The van der Waals surface area contributed by atoms with Gasteiger partial charge in [-0.05, 0) is 24.6 Å². The zero-order chi connectivity index (χ0) is 18.3. The lowest BCUT2D eigenvalue weighted by molar-refractivity contribution is -0.384. The van der Waals surface area contributed by atoms with Crippen LogP contribution in [-0.4, -0.2) is 20.8 Å². The molecule has 0 unspecified atom stereocenters. The first-order valence-electron chi connectivity index (χ1n) is 7.96. The van der Waals surface area contributed by atoms with E-state index in [-0.39, 0.29) is 11.6 Å². The van der Waals surface area contributed by atoms with Crippen molar-refractivity contribution in [1.82, 2.24) is 9.97 Å². The number of nitro benzene ring substituents is 1. The van der Waals surface area contributed by atoms with Crippen LogP contribution in [0.2, 0.25) is 0 Å². The molecular weight excluding hydrogens is 332 g/mol. The number of hydrogen-bond donors (Lipinski definition) is 2. The number of benzene rings is 2. The molecule has 128 valence electrons. The van der Waals surface area contributed by atoms with Crippen molar-refractivity contribution in [2.75, 3.05) is 5.32 Å². The summed E-state index contributed by atoms with van der Waals surface area (Å²) in [5.74, 6) is -0.299. The topological polar surface area (TPSA) is 101 Å². The Kier molecular flexibility index (Phi) is 3.62. The molecule has 0 fully saturated rings. The number of nitrogens with zero attached hydrogens (tertiary/aromatic N) is 2. The molecule has 0 saturated carbocycles. The highest BCUT2D eigenvalue weighted by atomic mass is 16.6. The Morgan fingerprint density at radius 1 is 1.12 bits per heavy atom. The number of rotatable bonds is 3. The summed E-state index contributed by atoms with van der Waals surface area (Å²) < 4.78 is 0. The Balaban J connectivity index is 2.03. The van der Waals surface area contributed by atoms with Gasteiger partial charge < -0.3 is 10.3 Å². The third kappa shape index (κ3) is 2.46. The van der Waals surface area contributed by atoms with Gasteiger partial charge in [-0.2, -0.15) is 0 Å². The minimum atomic E-state index is -0.426. The number of aromatic nitrogens is 2. The van der Waals surface area contributed by atoms with Gasteiger partial charge in [-0.25, -0.2) is 4.98 Å². The number of aryl methyl sites for hydroxylation is 1. The van der Waals surface area contributed by atoms with Gasteiger partial charge >= 0.3 is 0 Å². The Hall–Kier alpha value is -3.74. The van der Waals surface area contributed by atoms with Gasteiger partial charge in [-0.3, -0.25) is 14.9 Å². The molecule has 3 aromatic rings. The van der Waals surface area contributed by atoms with Crippen LogP contribution >= 0.6 is 0 Å². The van der Waals surface area contributed by atoms with Gasteiger partial charge in [0, 0.05) is 11.6 Å². The molecular formula is C19H14N4O3. The molecule has 0 bridgehead atoms. The van der Waals surface area contributed by atoms with E-state index < -0.39 is 4.92 Å². The Morgan fingerprint density at radius 3 is 2.54 bits per heavy atom. The van der Waals surface area contributed by atoms with Crippen molar-refractivity contribution in [2.45, 2.75) is 6.92 Å². The van der Waals surface area contributed by atoms with Crippen molar-refractivity contribution in [2.24, 2.45) is 0 Å². The Morgan fingerprint density at radius 2 is 1.88 bits per heavy atom. The number of H-pyrrole nitrogens is 1. The van der Waals surface area contributed by atoms with E-state index in [0.29, 0.717) is 33.6 Å². The minimum absolute atomic E-state index is 0.0429. The normalized spacial score (nSPS) is 14.3. The fourth-order valence-electron chi connectivity index (χ4n) is 3.13. The number of amides is 1. The van der Waals surface area contributed by atoms with E-state index in [1.807, 2.05) is 25.1 Å². The van der Waals surface area contributed by atoms with Crippen molar-refractivity contribution in [3.8, 4) is 11.1 Å². The van der Waals surface area contributed by atoms with Gasteiger partial charge in [0.25, 0.3) is 11.6 Å². The smallest absolute Gasteiger partial charge is 0.277 e. The molecule has 0 aliphatic carbocycles. The maximum absolute atomic E-state index is 12.5. The lowest BCUT2D eigenvalue weighted by Gasteiger charge is -2.09. The lowest BCUT2D eigenvalue weighted by atomic mass is 9.92. The van der Waals surface area contributed by atoms with E-state index >= 15 is 0 Å². The van der Waals surface area contributed by atoms with Crippen LogP contribution < -0.4 is 5.32 Å². The van der Waals surface area contributed by atoms with Crippen LogP contribution in [0.3, 0.4) is 0 Å². The van der Waals surface area contributed by atoms with Crippen LogP contribution in [0, 0.1) is 17.0 Å². The van der Waals surface area contributed by atoms with Gasteiger partial charge in [-0.15, -0.1) is 0 Å². The zero-order valence-electron chi connectivity index (χ0n) is 13.8. The highest BCUT2D eigenvalue weighted by Gasteiger charge is 2.32. The number of hydrogen-bond acceptors (Lipinski definition) is 4. The molecule has 4 rings (SSSR count). The van der Waals surface area contributed by atoms with Crippen molar-refractivity contribution in [1.29, 1.82) is 0 Å². The van der Waals surface area contributed by atoms with E-state index in [1.165, 1.54) is 6.07 Å². The van der Waals surface area contributed by atoms with Crippen LogP contribution in [0.25, 0.3) is 22.8 Å². The van der Waals surface area contributed by atoms with Crippen LogP contribution in [0.4, 0.5) is 11.4 Å². The fraction of sp³-hybridized carbons (Fsp3) is 0.0526. The van der Waals surface area contributed by atoms with Crippen molar-refractivity contribution in [3.05, 3.63) is 75.9 Å². The molecule has 1 aliphatic heterocycles. The average molecular weight is 346 g/mol. The largest absolute Gasteiger partial charge is 0.345 e. The Bertz CT molecular complexity index is 1070. The van der Waals surface area contributed by atoms with Crippen molar-refractivity contribution < 1.29 is 9.72 Å². The summed E-state index contributed by atoms with van der Waals surface area (Å²) in [4.78, 5) is 30.8. The number of imidazole rings is 1. The van der Waals surface area contributed by atoms with E-state index in [0.717, 1.165) is 5.69 Å². The number of nitrogens with one attached hydrogen (secondary N) is 2. The fourth-order valence-corrected chi connectivity index (χ4v) is 3.13. The number of nitro groups is 1. The second-order valence-corrected chi connectivity index (χ2v) is 5.92. The standard InChI is InChI=1S/C19H14N4O3/c1-11-15(21-10-20-11)9-13-18-14(22-19(13)24)7-8-16(23(25)26)17(18)12-5-3-2-4-6-12/h2-10H,1H3,(H,20,21)(H,22,24). The van der Waals surface area contributed by atoms with Gasteiger partial charge in [0.2, 0.25) is 0 Å². The average Bonchev–Trinajstić information content (AvgIpc) is 3.18. The molecule has 0 saturated heterocycles. The molecule has 1 aliphatic rings. The number of carbonyl (C=O) groups excluding carboxylic acids is 1. The molecule has 1 aromatic heterocycles. The first-order valence-corrected chi connectivity index (χ1v) is 7.96. The van der Waals surface area contributed by atoms with Gasteiger partial charge in [0.1, 0.15) is 0 Å². The summed E-state index contributed by atoms with van der Waals surface area (Å²) in [6, 6.07) is 12.0. The highest BCUT2D eigenvalue weighted by Crippen LogP contribution is 2.45. The van der Waals surface area contributed by atoms with Gasteiger partial charge in [0.05, 0.1) is 39.5 Å². The molecule has 7 nitrogen and oxygen atoms in total. The summed E-state index contributed by atoms with van der Waals surface area (Å²) in [5.41, 5.74) is 3.95. The van der Waals surface area contributed by atoms with E-state index in [1.54, 1.807) is 30.6 Å². The van der Waals surface area contributed by atoms with Gasteiger partial charge in [-0.1, -0.05) is 30.3 Å².